The molecule has 1 fully saturated rings. The van der Waals surface area contributed by atoms with Gasteiger partial charge in [0.05, 0.1) is 18.3 Å². The average molecular weight is 289 g/mol. The highest BCUT2D eigenvalue weighted by atomic mass is 32.2. The van der Waals surface area contributed by atoms with Crippen molar-refractivity contribution in [3.05, 3.63) is 12.4 Å². The first-order valence-corrected chi connectivity index (χ1v) is 7.15. The Morgan fingerprint density at radius 3 is 3.00 bits per heavy atom. The van der Waals surface area contributed by atoms with Crippen LogP contribution in [0.5, 0.6) is 0 Å². The molecule has 1 unspecified atom stereocenters. The first-order valence-electron chi connectivity index (χ1n) is 5.67. The van der Waals surface area contributed by atoms with Gasteiger partial charge in [-0.05, 0) is 13.3 Å². The van der Waals surface area contributed by atoms with E-state index in [4.69, 9.17) is 9.84 Å². The van der Waals surface area contributed by atoms with E-state index in [2.05, 4.69) is 9.82 Å². The van der Waals surface area contributed by atoms with Crippen LogP contribution in [0.4, 0.5) is 0 Å². The normalized spacial score (nSPS) is 23.6. The number of ether oxygens (including phenoxy) is 1. The van der Waals surface area contributed by atoms with Gasteiger partial charge in [-0.25, -0.2) is 13.1 Å². The van der Waals surface area contributed by atoms with E-state index in [0.717, 1.165) is 10.9 Å². The topological polar surface area (TPSA) is 111 Å². The zero-order chi connectivity index (χ0) is 14.1. The Labute approximate surface area is 110 Å². The summed E-state index contributed by atoms with van der Waals surface area (Å²) in [6.07, 6.45) is 2.91. The van der Waals surface area contributed by atoms with Gasteiger partial charge >= 0.3 is 5.97 Å². The Hall–Kier alpha value is -1.45. The van der Waals surface area contributed by atoms with Gasteiger partial charge in [0.1, 0.15) is 11.4 Å². The van der Waals surface area contributed by atoms with E-state index in [1.165, 1.54) is 6.20 Å². The predicted molar refractivity (Wildman–Crippen MR) is 64.0 cm³/mol. The number of carboxylic acid groups (broad SMARTS) is 1. The van der Waals surface area contributed by atoms with Crippen molar-refractivity contribution >= 4 is 16.0 Å². The van der Waals surface area contributed by atoms with Crippen LogP contribution in [0.25, 0.3) is 0 Å². The lowest BCUT2D eigenvalue weighted by molar-refractivity contribution is -0.137. The van der Waals surface area contributed by atoms with Crippen LogP contribution < -0.4 is 4.72 Å². The van der Waals surface area contributed by atoms with E-state index >= 15 is 0 Å². The number of aromatic nitrogens is 2. The third kappa shape index (κ3) is 3.31. The van der Waals surface area contributed by atoms with Gasteiger partial charge < -0.3 is 9.84 Å². The monoisotopic (exact) mass is 289 g/mol. The van der Waals surface area contributed by atoms with Crippen LogP contribution in [0, 0.1) is 0 Å². The minimum atomic E-state index is -3.72. The SMILES string of the molecule is CC1(NS(=O)(=O)c2cnn(CC(=O)O)c2)CCOC1. The number of aliphatic carboxylic acids is 1. The standard InChI is InChI=1S/C10H15N3O5S/c1-10(2-3-18-7-10)12-19(16,17)8-4-11-13(5-8)6-9(14)15/h4-5,12H,2-3,6-7H2,1H3,(H,14,15). The van der Waals surface area contributed by atoms with Gasteiger partial charge in [0, 0.05) is 12.8 Å². The molecule has 2 rings (SSSR count). The number of carboxylic acids is 1. The highest BCUT2D eigenvalue weighted by Crippen LogP contribution is 2.21. The van der Waals surface area contributed by atoms with Gasteiger partial charge in [0.15, 0.2) is 0 Å². The van der Waals surface area contributed by atoms with E-state index in [0.29, 0.717) is 19.6 Å². The quantitative estimate of drug-likeness (QED) is 0.750. The molecule has 2 N–H and O–H groups in total. The fourth-order valence-electron chi connectivity index (χ4n) is 1.84. The molecule has 0 radical (unpaired) electrons. The van der Waals surface area contributed by atoms with Crippen LogP contribution >= 0.6 is 0 Å². The highest BCUT2D eigenvalue weighted by Gasteiger charge is 2.35. The molecule has 2 heterocycles. The van der Waals surface area contributed by atoms with Gasteiger partial charge in [-0.3, -0.25) is 9.48 Å². The summed E-state index contributed by atoms with van der Waals surface area (Å²) in [7, 11) is -3.72. The van der Waals surface area contributed by atoms with Crippen LogP contribution in [-0.4, -0.2) is 48.0 Å². The average Bonchev–Trinajstić information content (AvgIpc) is 2.86. The molecule has 8 nitrogen and oxygen atoms in total. The summed E-state index contributed by atoms with van der Waals surface area (Å²) < 4.78 is 33.0. The summed E-state index contributed by atoms with van der Waals surface area (Å²) in [6, 6.07) is 0. The number of nitrogens with zero attached hydrogens (tertiary/aromatic N) is 2. The van der Waals surface area contributed by atoms with Crippen molar-refractivity contribution in [3.63, 3.8) is 0 Å². The van der Waals surface area contributed by atoms with Crippen molar-refractivity contribution in [1.29, 1.82) is 0 Å². The van der Waals surface area contributed by atoms with Crippen molar-refractivity contribution < 1.29 is 23.1 Å². The molecule has 0 aliphatic carbocycles. The second-order valence-electron chi connectivity index (χ2n) is 4.74. The molecule has 9 heteroatoms. The molecule has 0 saturated carbocycles. The van der Waals surface area contributed by atoms with Crippen molar-refractivity contribution in [1.82, 2.24) is 14.5 Å². The van der Waals surface area contributed by atoms with Crippen LogP contribution in [0.3, 0.4) is 0 Å². The van der Waals surface area contributed by atoms with Gasteiger partial charge in [-0.2, -0.15) is 5.10 Å². The maximum Gasteiger partial charge on any atom is 0.325 e. The Bertz CT molecular complexity index is 574. The van der Waals surface area contributed by atoms with Gasteiger partial charge in [-0.1, -0.05) is 0 Å². The van der Waals surface area contributed by atoms with E-state index in [1.54, 1.807) is 6.92 Å². The molecule has 0 spiro atoms. The number of hydrogen-bond donors (Lipinski definition) is 2. The first-order chi connectivity index (χ1) is 8.81. The van der Waals surface area contributed by atoms with Crippen molar-refractivity contribution in [3.8, 4) is 0 Å². The van der Waals surface area contributed by atoms with E-state index < -0.39 is 21.5 Å². The zero-order valence-electron chi connectivity index (χ0n) is 10.4. The van der Waals surface area contributed by atoms with E-state index in [9.17, 15) is 13.2 Å². The maximum atomic E-state index is 12.1. The van der Waals surface area contributed by atoms with Crippen molar-refractivity contribution in [2.75, 3.05) is 13.2 Å². The van der Waals surface area contributed by atoms with Crippen LogP contribution in [0.15, 0.2) is 17.3 Å². The number of rotatable bonds is 5. The Morgan fingerprint density at radius 2 is 2.42 bits per heavy atom. The van der Waals surface area contributed by atoms with Crippen molar-refractivity contribution in [2.45, 2.75) is 30.3 Å². The molecule has 1 aliphatic heterocycles. The number of hydrogen-bond acceptors (Lipinski definition) is 5. The summed E-state index contributed by atoms with van der Waals surface area (Å²) in [4.78, 5) is 10.5. The van der Waals surface area contributed by atoms with Gasteiger partial charge in [0.25, 0.3) is 0 Å². The molecule has 0 aromatic carbocycles. The molecule has 1 aromatic rings. The van der Waals surface area contributed by atoms with E-state index in [-0.39, 0.29) is 11.4 Å². The predicted octanol–water partition coefficient (Wildman–Crippen LogP) is -0.575. The fraction of sp³-hybridized carbons (Fsp3) is 0.600. The lowest BCUT2D eigenvalue weighted by atomic mass is 10.0. The van der Waals surface area contributed by atoms with E-state index in [1.807, 2.05) is 0 Å². The summed E-state index contributed by atoms with van der Waals surface area (Å²) in [5.74, 6) is -1.09. The summed E-state index contributed by atoms with van der Waals surface area (Å²) >= 11 is 0. The van der Waals surface area contributed by atoms with Gasteiger partial charge in [0.2, 0.25) is 10.0 Å². The fourth-order valence-corrected chi connectivity index (χ4v) is 3.21. The molecule has 1 atom stereocenters. The Kier molecular flexibility index (Phi) is 3.61. The highest BCUT2D eigenvalue weighted by molar-refractivity contribution is 7.89. The Morgan fingerprint density at radius 1 is 1.68 bits per heavy atom. The van der Waals surface area contributed by atoms with Crippen LogP contribution in [0.2, 0.25) is 0 Å². The lowest BCUT2D eigenvalue weighted by Gasteiger charge is -2.22. The third-order valence-corrected chi connectivity index (χ3v) is 4.41. The molecular weight excluding hydrogens is 274 g/mol. The largest absolute Gasteiger partial charge is 0.480 e. The molecular formula is C10H15N3O5S. The number of carbonyl (C=O) groups is 1. The summed E-state index contributed by atoms with van der Waals surface area (Å²) in [5.41, 5.74) is -0.631. The zero-order valence-corrected chi connectivity index (χ0v) is 11.2. The minimum absolute atomic E-state index is 0.0538. The molecule has 0 bridgehead atoms. The van der Waals surface area contributed by atoms with Crippen LogP contribution in [0.1, 0.15) is 13.3 Å². The number of sulfonamides is 1. The molecule has 1 aliphatic rings. The summed E-state index contributed by atoms with van der Waals surface area (Å²) in [6.45, 7) is 2.21. The van der Waals surface area contributed by atoms with Crippen LogP contribution in [-0.2, 0) is 26.1 Å². The molecule has 0 amide bonds. The third-order valence-electron chi connectivity index (χ3n) is 2.82. The molecule has 1 aromatic heterocycles. The molecule has 106 valence electrons. The second-order valence-corrected chi connectivity index (χ2v) is 6.42. The van der Waals surface area contributed by atoms with Gasteiger partial charge in [-0.15, -0.1) is 0 Å². The number of nitrogens with one attached hydrogen (secondary N) is 1. The first kappa shape index (κ1) is 14.0. The second kappa shape index (κ2) is 4.91. The Balaban J connectivity index is 2.15. The smallest absolute Gasteiger partial charge is 0.325 e. The minimum Gasteiger partial charge on any atom is -0.480 e. The maximum absolute atomic E-state index is 12.1. The van der Waals surface area contributed by atoms with Crippen molar-refractivity contribution in [2.24, 2.45) is 0 Å². The molecule has 1 saturated heterocycles. The lowest BCUT2D eigenvalue weighted by Crippen LogP contribution is -2.46. The summed E-state index contributed by atoms with van der Waals surface area (Å²) in [5, 5.41) is 12.3. The molecule has 19 heavy (non-hydrogen) atoms.